The highest BCUT2D eigenvalue weighted by molar-refractivity contribution is 5.39. The van der Waals surface area contributed by atoms with Crippen LogP contribution in [0, 0.1) is 0 Å². The molecule has 116 valence electrons. The van der Waals surface area contributed by atoms with Gasteiger partial charge in [-0.25, -0.2) is 14.6 Å². The predicted molar refractivity (Wildman–Crippen MR) is 88.7 cm³/mol. The highest BCUT2D eigenvalue weighted by Crippen LogP contribution is 2.19. The molecule has 0 saturated heterocycles. The average molecular weight is 305 g/mol. The second kappa shape index (κ2) is 6.30. The van der Waals surface area contributed by atoms with Crippen molar-refractivity contribution in [2.24, 2.45) is 0 Å². The molecule has 1 aromatic carbocycles. The first-order valence-electron chi connectivity index (χ1n) is 8.03. The SMILES string of the molecule is c1ccc(Cc2nc3c(c(-n4cccn4)n2)CCNCC3)cc1. The molecule has 2 aromatic heterocycles. The van der Waals surface area contributed by atoms with Crippen molar-refractivity contribution < 1.29 is 0 Å². The molecule has 0 spiro atoms. The van der Waals surface area contributed by atoms with E-state index in [0.29, 0.717) is 0 Å². The molecule has 4 rings (SSSR count). The molecular weight excluding hydrogens is 286 g/mol. The molecule has 0 amide bonds. The third-order valence-electron chi connectivity index (χ3n) is 4.13. The number of benzene rings is 1. The van der Waals surface area contributed by atoms with E-state index in [2.05, 4.69) is 34.7 Å². The Bertz CT molecular complexity index is 781. The van der Waals surface area contributed by atoms with Gasteiger partial charge in [0.25, 0.3) is 0 Å². The fourth-order valence-electron chi connectivity index (χ4n) is 3.02. The van der Waals surface area contributed by atoms with Crippen LogP contribution in [0.25, 0.3) is 5.82 Å². The molecule has 5 nitrogen and oxygen atoms in total. The van der Waals surface area contributed by atoms with E-state index in [9.17, 15) is 0 Å². The molecule has 23 heavy (non-hydrogen) atoms. The number of hydrogen-bond acceptors (Lipinski definition) is 4. The van der Waals surface area contributed by atoms with Crippen LogP contribution in [0.5, 0.6) is 0 Å². The first-order chi connectivity index (χ1) is 11.4. The maximum Gasteiger partial charge on any atom is 0.160 e. The Morgan fingerprint density at radius 1 is 1.00 bits per heavy atom. The fraction of sp³-hybridized carbons (Fsp3) is 0.278. The van der Waals surface area contributed by atoms with Gasteiger partial charge in [-0.15, -0.1) is 0 Å². The summed E-state index contributed by atoms with van der Waals surface area (Å²) in [4.78, 5) is 9.67. The number of rotatable bonds is 3. The second-order valence-corrected chi connectivity index (χ2v) is 5.75. The minimum absolute atomic E-state index is 0.746. The van der Waals surface area contributed by atoms with Crippen molar-refractivity contribution in [2.75, 3.05) is 13.1 Å². The third-order valence-corrected chi connectivity index (χ3v) is 4.13. The molecular formula is C18H19N5. The Labute approximate surface area is 135 Å². The van der Waals surface area contributed by atoms with E-state index in [-0.39, 0.29) is 0 Å². The Balaban J connectivity index is 1.78. The van der Waals surface area contributed by atoms with Gasteiger partial charge in [0.15, 0.2) is 5.82 Å². The normalized spacial score (nSPS) is 14.3. The van der Waals surface area contributed by atoms with Crippen LogP contribution in [0.4, 0.5) is 0 Å². The van der Waals surface area contributed by atoms with E-state index >= 15 is 0 Å². The summed E-state index contributed by atoms with van der Waals surface area (Å²) in [5, 5.41) is 7.82. The maximum atomic E-state index is 4.85. The predicted octanol–water partition coefficient (Wildman–Crippen LogP) is 1.94. The minimum Gasteiger partial charge on any atom is -0.316 e. The van der Waals surface area contributed by atoms with Crippen molar-refractivity contribution >= 4 is 0 Å². The maximum absolute atomic E-state index is 4.85. The number of nitrogens with one attached hydrogen (secondary N) is 1. The Kier molecular flexibility index (Phi) is 3.86. The topological polar surface area (TPSA) is 55.6 Å². The van der Waals surface area contributed by atoms with Crippen LogP contribution in [0.1, 0.15) is 22.6 Å². The second-order valence-electron chi connectivity index (χ2n) is 5.75. The van der Waals surface area contributed by atoms with Crippen molar-refractivity contribution in [3.63, 3.8) is 0 Å². The lowest BCUT2D eigenvalue weighted by molar-refractivity contribution is 0.707. The van der Waals surface area contributed by atoms with Gasteiger partial charge in [-0.05, 0) is 24.6 Å². The molecule has 0 bridgehead atoms. The Morgan fingerprint density at radius 3 is 2.70 bits per heavy atom. The van der Waals surface area contributed by atoms with E-state index in [4.69, 9.17) is 9.97 Å². The minimum atomic E-state index is 0.746. The van der Waals surface area contributed by atoms with Crippen LogP contribution < -0.4 is 5.32 Å². The van der Waals surface area contributed by atoms with Gasteiger partial charge >= 0.3 is 0 Å². The standard InChI is InChI=1S/C18H19N5/c1-2-5-14(6-3-1)13-17-21-16-8-11-19-10-7-15(16)18(22-17)23-12-4-9-20-23/h1-6,9,12,19H,7-8,10-11,13H2. The van der Waals surface area contributed by atoms with Crippen molar-refractivity contribution in [2.45, 2.75) is 19.3 Å². The van der Waals surface area contributed by atoms with Crippen molar-refractivity contribution in [1.29, 1.82) is 0 Å². The van der Waals surface area contributed by atoms with Crippen LogP contribution in [0.3, 0.4) is 0 Å². The lowest BCUT2D eigenvalue weighted by atomic mass is 10.1. The molecule has 1 N–H and O–H groups in total. The van der Waals surface area contributed by atoms with Gasteiger partial charge in [0, 0.05) is 37.3 Å². The van der Waals surface area contributed by atoms with Crippen LogP contribution in [0.15, 0.2) is 48.8 Å². The number of hydrogen-bond donors (Lipinski definition) is 1. The monoisotopic (exact) mass is 305 g/mol. The van der Waals surface area contributed by atoms with Gasteiger partial charge in [0.05, 0.1) is 5.69 Å². The average Bonchev–Trinajstić information content (AvgIpc) is 3.01. The molecule has 0 unspecified atom stereocenters. The van der Waals surface area contributed by atoms with Crippen LogP contribution >= 0.6 is 0 Å². The molecule has 0 saturated carbocycles. The van der Waals surface area contributed by atoms with Crippen molar-refractivity contribution in [3.05, 3.63) is 71.4 Å². The molecule has 5 heteroatoms. The van der Waals surface area contributed by atoms with Gasteiger partial charge in [-0.3, -0.25) is 0 Å². The van der Waals surface area contributed by atoms with E-state index in [1.54, 1.807) is 6.20 Å². The lowest BCUT2D eigenvalue weighted by Crippen LogP contribution is -2.16. The van der Waals surface area contributed by atoms with Crippen LogP contribution in [-0.2, 0) is 19.3 Å². The lowest BCUT2D eigenvalue weighted by Gasteiger charge is -2.13. The van der Waals surface area contributed by atoms with E-state index in [1.165, 1.54) is 11.1 Å². The first-order valence-corrected chi connectivity index (χ1v) is 8.03. The largest absolute Gasteiger partial charge is 0.316 e. The first kappa shape index (κ1) is 14.1. The summed E-state index contributed by atoms with van der Waals surface area (Å²) in [5.74, 6) is 1.79. The van der Waals surface area contributed by atoms with Gasteiger partial charge in [0.1, 0.15) is 5.82 Å². The fourth-order valence-corrected chi connectivity index (χ4v) is 3.02. The highest BCUT2D eigenvalue weighted by atomic mass is 15.3. The third kappa shape index (κ3) is 3.00. The molecule has 3 heterocycles. The Morgan fingerprint density at radius 2 is 1.87 bits per heavy atom. The number of aromatic nitrogens is 4. The zero-order chi connectivity index (χ0) is 15.5. The summed E-state index contributed by atoms with van der Waals surface area (Å²) < 4.78 is 1.86. The van der Waals surface area contributed by atoms with E-state index < -0.39 is 0 Å². The smallest absolute Gasteiger partial charge is 0.160 e. The van der Waals surface area contributed by atoms with Crippen molar-refractivity contribution in [1.82, 2.24) is 25.1 Å². The highest BCUT2D eigenvalue weighted by Gasteiger charge is 2.18. The van der Waals surface area contributed by atoms with E-state index in [1.807, 2.05) is 23.0 Å². The summed E-state index contributed by atoms with van der Waals surface area (Å²) in [6, 6.07) is 12.3. The van der Waals surface area contributed by atoms with Gasteiger partial charge < -0.3 is 5.32 Å². The number of fused-ring (bicyclic) bond motifs is 1. The van der Waals surface area contributed by atoms with Gasteiger partial charge in [-0.2, -0.15) is 5.10 Å². The van der Waals surface area contributed by atoms with Crippen LogP contribution in [-0.4, -0.2) is 32.8 Å². The zero-order valence-electron chi connectivity index (χ0n) is 12.9. The quantitative estimate of drug-likeness (QED) is 0.803. The molecule has 1 aliphatic rings. The van der Waals surface area contributed by atoms with E-state index in [0.717, 1.165) is 49.7 Å². The number of nitrogens with zero attached hydrogens (tertiary/aromatic N) is 4. The molecule has 0 atom stereocenters. The molecule has 0 fully saturated rings. The molecule has 3 aromatic rings. The molecule has 1 aliphatic heterocycles. The van der Waals surface area contributed by atoms with Crippen molar-refractivity contribution in [3.8, 4) is 5.82 Å². The zero-order valence-corrected chi connectivity index (χ0v) is 12.9. The summed E-state index contributed by atoms with van der Waals surface area (Å²) in [6.07, 6.45) is 6.37. The summed E-state index contributed by atoms with van der Waals surface area (Å²) in [7, 11) is 0. The summed E-state index contributed by atoms with van der Waals surface area (Å²) in [5.41, 5.74) is 3.60. The summed E-state index contributed by atoms with van der Waals surface area (Å²) in [6.45, 7) is 1.93. The van der Waals surface area contributed by atoms with Gasteiger partial charge in [-0.1, -0.05) is 30.3 Å². The Hall–Kier alpha value is -2.53. The molecule has 0 radical (unpaired) electrons. The molecule has 0 aliphatic carbocycles. The van der Waals surface area contributed by atoms with Gasteiger partial charge in [0.2, 0.25) is 0 Å². The summed E-state index contributed by atoms with van der Waals surface area (Å²) >= 11 is 0. The van der Waals surface area contributed by atoms with Crippen LogP contribution in [0.2, 0.25) is 0 Å².